The zero-order valence-electron chi connectivity index (χ0n) is 8.44. The first-order valence-electron chi connectivity index (χ1n) is 5.28. The summed E-state index contributed by atoms with van der Waals surface area (Å²) in [5, 5.41) is 0.904. The van der Waals surface area contributed by atoms with Crippen molar-refractivity contribution in [3.05, 3.63) is 29.8 Å². The molecular weight excluding hydrogens is 190 g/mol. The molecular formula is C12H15NS. The summed E-state index contributed by atoms with van der Waals surface area (Å²) in [4.78, 5) is 2.58. The Bertz CT molecular complexity index is 333. The molecule has 0 spiro atoms. The summed E-state index contributed by atoms with van der Waals surface area (Å²) in [6, 6.07) is 9.78. The fraction of sp³-hybridized carbons (Fsp3) is 0.500. The maximum absolute atomic E-state index is 2.58. The third-order valence-corrected chi connectivity index (χ3v) is 4.66. The minimum absolute atomic E-state index is 0.813. The minimum Gasteiger partial charge on any atom is -0.367 e. The van der Waals surface area contributed by atoms with Gasteiger partial charge in [0.2, 0.25) is 0 Å². The SMILES string of the molecule is Cc1ccc(N2CC3CC2CS3)cc1. The lowest BCUT2D eigenvalue weighted by molar-refractivity contribution is 0.763. The number of fused-ring (bicyclic) bond motifs is 2. The van der Waals surface area contributed by atoms with Crippen LogP contribution in [0.15, 0.2) is 24.3 Å². The maximum atomic E-state index is 2.58. The van der Waals surface area contributed by atoms with E-state index in [1.807, 2.05) is 0 Å². The first-order chi connectivity index (χ1) is 6.83. The van der Waals surface area contributed by atoms with Crippen LogP contribution < -0.4 is 4.90 Å². The maximum Gasteiger partial charge on any atom is 0.0392 e. The average molecular weight is 205 g/mol. The van der Waals surface area contributed by atoms with Crippen molar-refractivity contribution in [2.75, 3.05) is 17.2 Å². The third kappa shape index (κ3) is 1.33. The molecule has 2 fully saturated rings. The average Bonchev–Trinajstić information content (AvgIpc) is 2.80. The van der Waals surface area contributed by atoms with Gasteiger partial charge in [-0.25, -0.2) is 0 Å². The molecule has 1 aromatic carbocycles. The monoisotopic (exact) mass is 205 g/mol. The molecule has 0 radical (unpaired) electrons. The highest BCUT2D eigenvalue weighted by Crippen LogP contribution is 2.39. The van der Waals surface area contributed by atoms with Crippen molar-refractivity contribution in [3.63, 3.8) is 0 Å². The normalized spacial score (nSPS) is 29.9. The van der Waals surface area contributed by atoms with Gasteiger partial charge in [-0.2, -0.15) is 11.8 Å². The Kier molecular flexibility index (Phi) is 1.98. The van der Waals surface area contributed by atoms with Crippen molar-refractivity contribution in [2.45, 2.75) is 24.6 Å². The van der Waals surface area contributed by atoms with E-state index in [1.165, 1.54) is 30.0 Å². The van der Waals surface area contributed by atoms with Gasteiger partial charge in [0.05, 0.1) is 0 Å². The van der Waals surface area contributed by atoms with Gasteiger partial charge in [0.1, 0.15) is 0 Å². The fourth-order valence-electron chi connectivity index (χ4n) is 2.45. The summed E-state index contributed by atoms with van der Waals surface area (Å²) in [6.45, 7) is 3.41. The van der Waals surface area contributed by atoms with Crippen LogP contribution in [-0.2, 0) is 0 Å². The summed E-state index contributed by atoms with van der Waals surface area (Å²) in [7, 11) is 0. The molecule has 1 nitrogen and oxygen atoms in total. The van der Waals surface area contributed by atoms with Crippen LogP contribution in [-0.4, -0.2) is 23.6 Å². The number of thioether (sulfide) groups is 1. The Balaban J connectivity index is 1.86. The van der Waals surface area contributed by atoms with Crippen molar-refractivity contribution in [1.82, 2.24) is 0 Å². The number of nitrogens with zero attached hydrogens (tertiary/aromatic N) is 1. The number of rotatable bonds is 1. The molecule has 2 bridgehead atoms. The first-order valence-corrected chi connectivity index (χ1v) is 6.33. The van der Waals surface area contributed by atoms with E-state index in [4.69, 9.17) is 0 Å². The summed E-state index contributed by atoms with van der Waals surface area (Å²) in [5.74, 6) is 1.33. The summed E-state index contributed by atoms with van der Waals surface area (Å²) in [6.07, 6.45) is 1.40. The van der Waals surface area contributed by atoms with E-state index in [9.17, 15) is 0 Å². The molecule has 0 amide bonds. The second kappa shape index (κ2) is 3.20. The highest BCUT2D eigenvalue weighted by Gasteiger charge is 2.38. The predicted molar refractivity (Wildman–Crippen MR) is 63.2 cm³/mol. The van der Waals surface area contributed by atoms with Crippen molar-refractivity contribution in [1.29, 1.82) is 0 Å². The van der Waals surface area contributed by atoms with Gasteiger partial charge in [-0.3, -0.25) is 0 Å². The van der Waals surface area contributed by atoms with E-state index in [-0.39, 0.29) is 0 Å². The Morgan fingerprint density at radius 1 is 1.29 bits per heavy atom. The van der Waals surface area contributed by atoms with E-state index in [0.717, 1.165) is 11.3 Å². The van der Waals surface area contributed by atoms with E-state index in [1.54, 1.807) is 0 Å². The molecule has 3 rings (SSSR count). The van der Waals surface area contributed by atoms with Crippen LogP contribution in [0.3, 0.4) is 0 Å². The van der Waals surface area contributed by atoms with Gasteiger partial charge in [-0.1, -0.05) is 17.7 Å². The van der Waals surface area contributed by atoms with Gasteiger partial charge in [0.25, 0.3) is 0 Å². The van der Waals surface area contributed by atoms with Crippen molar-refractivity contribution >= 4 is 17.4 Å². The smallest absolute Gasteiger partial charge is 0.0392 e. The number of hydrogen-bond acceptors (Lipinski definition) is 2. The fourth-order valence-corrected chi connectivity index (χ4v) is 3.89. The lowest BCUT2D eigenvalue weighted by atomic mass is 10.2. The van der Waals surface area contributed by atoms with E-state index in [0.29, 0.717) is 0 Å². The van der Waals surface area contributed by atoms with Crippen molar-refractivity contribution < 1.29 is 0 Å². The first kappa shape index (κ1) is 8.66. The number of hydrogen-bond donors (Lipinski definition) is 0. The Morgan fingerprint density at radius 2 is 2.07 bits per heavy atom. The molecule has 0 saturated carbocycles. The molecule has 14 heavy (non-hydrogen) atoms. The van der Waals surface area contributed by atoms with Crippen LogP contribution in [0.5, 0.6) is 0 Å². The molecule has 2 saturated heterocycles. The number of aryl methyl sites for hydroxylation is 1. The highest BCUT2D eigenvalue weighted by molar-refractivity contribution is 8.00. The number of benzene rings is 1. The Hall–Kier alpha value is -0.630. The largest absolute Gasteiger partial charge is 0.367 e. The molecule has 2 heteroatoms. The summed E-state index contributed by atoms with van der Waals surface area (Å²) >= 11 is 2.15. The van der Waals surface area contributed by atoms with Gasteiger partial charge in [0, 0.05) is 29.3 Å². The van der Waals surface area contributed by atoms with Crippen molar-refractivity contribution in [3.8, 4) is 0 Å². The standard InChI is InChI=1S/C12H15NS/c1-9-2-4-10(5-3-9)13-7-12-6-11(13)8-14-12/h2-5,11-12H,6-8H2,1H3. The second-order valence-corrected chi connectivity index (χ2v) is 5.67. The Morgan fingerprint density at radius 3 is 2.64 bits per heavy atom. The van der Waals surface area contributed by atoms with Crippen LogP contribution >= 0.6 is 11.8 Å². The molecule has 74 valence electrons. The topological polar surface area (TPSA) is 3.24 Å². The predicted octanol–water partition coefficient (Wildman–Crippen LogP) is 2.69. The third-order valence-electron chi connectivity index (χ3n) is 3.27. The molecule has 0 aliphatic carbocycles. The molecule has 0 aromatic heterocycles. The van der Waals surface area contributed by atoms with Crippen LogP contribution in [0.1, 0.15) is 12.0 Å². The van der Waals surface area contributed by atoms with E-state index >= 15 is 0 Å². The lowest BCUT2D eigenvalue weighted by Gasteiger charge is -2.28. The molecule has 2 heterocycles. The van der Waals surface area contributed by atoms with Gasteiger partial charge in [0.15, 0.2) is 0 Å². The lowest BCUT2D eigenvalue weighted by Crippen LogP contribution is -2.33. The van der Waals surface area contributed by atoms with Gasteiger partial charge >= 0.3 is 0 Å². The van der Waals surface area contributed by atoms with Crippen LogP contribution in [0.25, 0.3) is 0 Å². The van der Waals surface area contributed by atoms with Crippen molar-refractivity contribution in [2.24, 2.45) is 0 Å². The zero-order chi connectivity index (χ0) is 9.54. The summed E-state index contributed by atoms with van der Waals surface area (Å²) in [5.41, 5.74) is 2.77. The van der Waals surface area contributed by atoms with E-state index in [2.05, 4.69) is 47.9 Å². The van der Waals surface area contributed by atoms with Crippen LogP contribution in [0, 0.1) is 6.92 Å². The molecule has 2 aliphatic heterocycles. The van der Waals surface area contributed by atoms with Crippen LogP contribution in [0.4, 0.5) is 5.69 Å². The van der Waals surface area contributed by atoms with Gasteiger partial charge < -0.3 is 4.90 Å². The molecule has 0 N–H and O–H groups in total. The quantitative estimate of drug-likeness (QED) is 0.693. The highest BCUT2D eigenvalue weighted by atomic mass is 32.2. The molecule has 1 aromatic rings. The zero-order valence-corrected chi connectivity index (χ0v) is 9.26. The van der Waals surface area contributed by atoms with E-state index < -0.39 is 0 Å². The minimum atomic E-state index is 0.813. The second-order valence-electron chi connectivity index (χ2n) is 4.33. The molecule has 2 atom stereocenters. The van der Waals surface area contributed by atoms with Gasteiger partial charge in [-0.15, -0.1) is 0 Å². The number of anilines is 1. The molecule has 2 unspecified atom stereocenters. The molecule has 2 aliphatic rings. The van der Waals surface area contributed by atoms with Crippen LogP contribution in [0.2, 0.25) is 0 Å². The van der Waals surface area contributed by atoms with Gasteiger partial charge in [-0.05, 0) is 25.5 Å². The summed E-state index contributed by atoms with van der Waals surface area (Å²) < 4.78 is 0. The Labute approximate surface area is 89.5 Å².